The van der Waals surface area contributed by atoms with E-state index in [1.54, 1.807) is 0 Å². The lowest BCUT2D eigenvalue weighted by molar-refractivity contribution is 0.0953. The average Bonchev–Trinajstić information content (AvgIpc) is 2.92. The fourth-order valence-corrected chi connectivity index (χ4v) is 5.48. The Morgan fingerprint density at radius 3 is 2.69 bits per heavy atom. The minimum Gasteiger partial charge on any atom is -0.351 e. The van der Waals surface area contributed by atoms with Crippen LogP contribution in [-0.4, -0.2) is 48.7 Å². The smallest absolute Gasteiger partial charge is 0.258 e. The van der Waals surface area contributed by atoms with E-state index >= 15 is 0 Å². The zero-order chi connectivity index (χ0) is 28.1. The van der Waals surface area contributed by atoms with Gasteiger partial charge in [-0.2, -0.15) is 0 Å². The van der Waals surface area contributed by atoms with Crippen molar-refractivity contribution in [1.82, 2.24) is 20.1 Å². The van der Waals surface area contributed by atoms with Gasteiger partial charge in [0.25, 0.3) is 11.5 Å². The van der Waals surface area contributed by atoms with Crippen LogP contribution in [-0.2, 0) is 13.0 Å². The zero-order valence-electron chi connectivity index (χ0n) is 23.7. The fourth-order valence-electron chi connectivity index (χ4n) is 5.48. The summed E-state index contributed by atoms with van der Waals surface area (Å²) in [6.07, 6.45) is 5.95. The quantitative estimate of drug-likeness (QED) is 0.229. The number of amides is 1. The Morgan fingerprint density at radius 2 is 1.95 bits per heavy atom. The third-order valence-corrected chi connectivity index (χ3v) is 7.50. The Kier molecular flexibility index (Phi) is 9.00. The Labute approximate surface area is 231 Å². The third kappa shape index (κ3) is 5.97. The van der Waals surface area contributed by atoms with Crippen LogP contribution in [0.2, 0.25) is 0 Å². The number of benzene rings is 2. The first kappa shape index (κ1) is 28.3. The summed E-state index contributed by atoms with van der Waals surface area (Å²) >= 11 is 0. The summed E-state index contributed by atoms with van der Waals surface area (Å²) in [4.78, 5) is 28.4. The van der Waals surface area contributed by atoms with Crippen molar-refractivity contribution in [2.75, 3.05) is 33.4 Å². The fraction of sp³-hybridized carbons (Fsp3) is 0.333. The number of hydrogen-bond acceptors (Lipinski definition) is 4. The van der Waals surface area contributed by atoms with Crippen molar-refractivity contribution in [3.63, 3.8) is 0 Å². The molecule has 0 fully saturated rings. The molecule has 0 radical (unpaired) electrons. The molecule has 39 heavy (non-hydrogen) atoms. The largest absolute Gasteiger partial charge is 0.351 e. The van der Waals surface area contributed by atoms with Crippen LogP contribution in [0.1, 0.15) is 47.3 Å². The molecule has 0 unspecified atom stereocenters. The molecule has 1 aromatic heterocycles. The highest BCUT2D eigenvalue weighted by atomic mass is 16.1. The molecule has 2 N–H and O–H groups in total. The van der Waals surface area contributed by atoms with Crippen molar-refractivity contribution < 1.29 is 4.79 Å². The van der Waals surface area contributed by atoms with Crippen LogP contribution in [0.5, 0.6) is 0 Å². The lowest BCUT2D eigenvalue weighted by Crippen LogP contribution is -2.46. The molecule has 1 aliphatic carbocycles. The number of allylic oxidation sites excluding steroid dienone is 3. The topological polar surface area (TPSA) is 66.4 Å². The van der Waals surface area contributed by atoms with Gasteiger partial charge in [0.05, 0.1) is 0 Å². The van der Waals surface area contributed by atoms with Gasteiger partial charge >= 0.3 is 0 Å². The standard InChI is InChI=1S/C33H40N4O2/c1-7-26(22(2)3)30-23(4)11-8-15-28(30)32(38)35-18-17-34-21-36(6)19-20-37-24(5)27-14-9-12-25-13-10-16-29(31(25)27)33(37)39/h7-9,11-12,14-16,34H,2,5,10,13,17-21H2,1,3-4,6H3,(H,35,38)/b26-7-. The zero-order valence-corrected chi connectivity index (χ0v) is 23.7. The molecule has 0 atom stereocenters. The van der Waals surface area contributed by atoms with Gasteiger partial charge in [-0.1, -0.05) is 61.2 Å². The van der Waals surface area contributed by atoms with Crippen LogP contribution in [0.3, 0.4) is 0 Å². The first-order chi connectivity index (χ1) is 18.7. The van der Waals surface area contributed by atoms with E-state index in [0.29, 0.717) is 38.4 Å². The van der Waals surface area contributed by atoms with Gasteiger partial charge in [-0.05, 0) is 74.4 Å². The first-order valence-electron chi connectivity index (χ1n) is 13.7. The van der Waals surface area contributed by atoms with Gasteiger partial charge < -0.3 is 15.2 Å². The van der Waals surface area contributed by atoms with E-state index in [1.807, 2.05) is 56.7 Å². The van der Waals surface area contributed by atoms with E-state index in [4.69, 9.17) is 0 Å². The van der Waals surface area contributed by atoms with E-state index in [0.717, 1.165) is 56.5 Å². The van der Waals surface area contributed by atoms with Crippen molar-refractivity contribution in [2.45, 2.75) is 40.2 Å². The van der Waals surface area contributed by atoms with Gasteiger partial charge in [0.2, 0.25) is 0 Å². The van der Waals surface area contributed by atoms with Gasteiger partial charge in [-0.25, -0.2) is 0 Å². The summed E-state index contributed by atoms with van der Waals surface area (Å²) in [6, 6.07) is 12.0. The molecule has 0 spiro atoms. The van der Waals surface area contributed by atoms with Crippen LogP contribution < -0.4 is 26.8 Å². The van der Waals surface area contributed by atoms with Gasteiger partial charge in [-0.15, -0.1) is 0 Å². The van der Waals surface area contributed by atoms with Gasteiger partial charge in [0, 0.05) is 54.4 Å². The van der Waals surface area contributed by atoms with Crippen molar-refractivity contribution in [2.24, 2.45) is 0 Å². The van der Waals surface area contributed by atoms with Crippen molar-refractivity contribution in [1.29, 1.82) is 0 Å². The maximum Gasteiger partial charge on any atom is 0.258 e. The molecule has 0 saturated heterocycles. The number of carbonyl (C=O) groups excluding carboxylic acids is 1. The van der Waals surface area contributed by atoms with Crippen LogP contribution in [0.25, 0.3) is 29.0 Å². The lowest BCUT2D eigenvalue weighted by Gasteiger charge is -2.20. The molecule has 0 bridgehead atoms. The molecule has 3 aromatic rings. The second kappa shape index (κ2) is 12.4. The highest BCUT2D eigenvalue weighted by Gasteiger charge is 2.17. The van der Waals surface area contributed by atoms with E-state index < -0.39 is 0 Å². The number of pyridine rings is 1. The molecule has 2 aromatic carbocycles. The van der Waals surface area contributed by atoms with E-state index in [1.165, 1.54) is 5.56 Å². The van der Waals surface area contributed by atoms with Gasteiger partial charge in [-0.3, -0.25) is 14.5 Å². The average molecular weight is 525 g/mol. The molecule has 1 aliphatic rings. The van der Waals surface area contributed by atoms with Crippen LogP contribution >= 0.6 is 0 Å². The van der Waals surface area contributed by atoms with E-state index in [-0.39, 0.29) is 11.5 Å². The van der Waals surface area contributed by atoms with Crippen LogP contribution in [0.15, 0.2) is 59.4 Å². The molecular formula is C33H40N4O2. The molecule has 6 heteroatoms. The minimum atomic E-state index is -0.0907. The molecule has 4 rings (SSSR count). The predicted molar refractivity (Wildman–Crippen MR) is 163 cm³/mol. The summed E-state index contributed by atoms with van der Waals surface area (Å²) in [5.41, 5.74) is 5.88. The number of rotatable bonds is 11. The first-order valence-corrected chi connectivity index (χ1v) is 13.7. The molecule has 204 valence electrons. The summed E-state index contributed by atoms with van der Waals surface area (Å²) < 4.78 is 1.81. The highest BCUT2D eigenvalue weighted by Crippen LogP contribution is 2.28. The molecule has 6 nitrogen and oxygen atoms in total. The maximum atomic E-state index is 13.3. The summed E-state index contributed by atoms with van der Waals surface area (Å²) in [7, 11) is 2.02. The number of likely N-dealkylation sites (N-methyl/N-ethyl adjacent to an activating group) is 1. The SMILES string of the molecule is C=C(C)/C(=C/C)c1c(C)cccc1C(=O)NCCNCN(C)CCn1c(=O)c2c3c(cccc3c1=C)CCC=2. The third-order valence-electron chi connectivity index (χ3n) is 7.50. The van der Waals surface area contributed by atoms with Gasteiger partial charge in [0.1, 0.15) is 0 Å². The second-order valence-electron chi connectivity index (χ2n) is 10.4. The van der Waals surface area contributed by atoms with Crippen molar-refractivity contribution in [3.8, 4) is 0 Å². The Hall–Kier alpha value is -3.74. The van der Waals surface area contributed by atoms with Crippen molar-refractivity contribution in [3.05, 3.63) is 97.8 Å². The molecule has 1 amide bonds. The molecule has 0 aliphatic heterocycles. The minimum absolute atomic E-state index is 0.0481. The summed E-state index contributed by atoms with van der Waals surface area (Å²) in [5, 5.41) is 10.2. The monoisotopic (exact) mass is 524 g/mol. The number of carbonyl (C=O) groups is 1. The van der Waals surface area contributed by atoms with Crippen molar-refractivity contribution >= 4 is 34.9 Å². The highest BCUT2D eigenvalue weighted by molar-refractivity contribution is 6.01. The number of nitrogens with zero attached hydrogens (tertiary/aromatic N) is 2. The predicted octanol–water partition coefficient (Wildman–Crippen LogP) is 3.34. The number of aryl methyl sites for hydroxylation is 2. The second-order valence-corrected chi connectivity index (χ2v) is 10.4. The molecule has 1 heterocycles. The number of aromatic nitrogens is 1. The summed E-state index contributed by atoms with van der Waals surface area (Å²) in [6.45, 7) is 17.3. The Balaban J connectivity index is 1.31. The van der Waals surface area contributed by atoms with Crippen LogP contribution in [0, 0.1) is 6.92 Å². The number of nitrogens with one attached hydrogen (secondary N) is 2. The van der Waals surface area contributed by atoms with E-state index in [9.17, 15) is 9.59 Å². The lowest BCUT2D eigenvalue weighted by atomic mass is 9.91. The number of hydrogen-bond donors (Lipinski definition) is 2. The van der Waals surface area contributed by atoms with Crippen LogP contribution in [0.4, 0.5) is 0 Å². The molecular weight excluding hydrogens is 484 g/mol. The summed E-state index contributed by atoms with van der Waals surface area (Å²) in [5.74, 6) is -0.0907. The Morgan fingerprint density at radius 1 is 1.18 bits per heavy atom. The Bertz CT molecular complexity index is 1610. The van der Waals surface area contributed by atoms with Gasteiger partial charge in [0.15, 0.2) is 0 Å². The van der Waals surface area contributed by atoms with E-state index in [2.05, 4.69) is 53.0 Å². The maximum absolute atomic E-state index is 13.3. The molecule has 0 saturated carbocycles. The normalized spacial score (nSPS) is 13.0.